The van der Waals surface area contributed by atoms with E-state index in [1.807, 2.05) is 13.8 Å². The zero-order chi connectivity index (χ0) is 12.1. The van der Waals surface area contributed by atoms with Gasteiger partial charge in [-0.2, -0.15) is 0 Å². The van der Waals surface area contributed by atoms with Crippen molar-refractivity contribution in [1.82, 2.24) is 5.32 Å². The summed E-state index contributed by atoms with van der Waals surface area (Å²) in [6.07, 6.45) is 1.01. The minimum absolute atomic E-state index is 0.0625. The average molecular weight is 216 g/mol. The van der Waals surface area contributed by atoms with E-state index in [1.54, 1.807) is 0 Å². The molecule has 0 saturated carbocycles. The summed E-state index contributed by atoms with van der Waals surface area (Å²) in [6, 6.07) is 0. The summed E-state index contributed by atoms with van der Waals surface area (Å²) in [5, 5.41) is 3.38. The smallest absolute Gasteiger partial charge is 0.405 e. The van der Waals surface area contributed by atoms with E-state index in [9.17, 15) is 4.79 Å². The Bertz CT molecular complexity index is 213. The number of hydrogen-bond donors (Lipinski definition) is 2. The van der Waals surface area contributed by atoms with Crippen molar-refractivity contribution in [3.63, 3.8) is 0 Å². The Morgan fingerprint density at radius 3 is 2.20 bits per heavy atom. The normalized spacial score (nSPS) is 12.6. The molecule has 0 rings (SSSR count). The number of hydrogen-bond acceptors (Lipinski definition) is 3. The van der Waals surface area contributed by atoms with Crippen LogP contribution in [0.25, 0.3) is 0 Å². The summed E-state index contributed by atoms with van der Waals surface area (Å²) in [6.45, 7) is 11.0. The molecule has 4 heteroatoms. The van der Waals surface area contributed by atoms with Crippen molar-refractivity contribution in [2.45, 2.75) is 58.6 Å². The van der Waals surface area contributed by atoms with E-state index in [-0.39, 0.29) is 5.54 Å². The molecule has 0 aliphatic heterocycles. The SMILES string of the molecule is CCNC(C)(C)CCC(C)(C)OC(N)=O. The summed E-state index contributed by atoms with van der Waals surface area (Å²) in [5.74, 6) is 0. The maximum atomic E-state index is 10.6. The van der Waals surface area contributed by atoms with Crippen LogP contribution in [-0.2, 0) is 4.74 Å². The van der Waals surface area contributed by atoms with Gasteiger partial charge in [-0.15, -0.1) is 0 Å². The summed E-state index contributed by atoms with van der Waals surface area (Å²) in [5.41, 5.74) is 4.57. The molecule has 0 saturated heterocycles. The molecule has 0 atom stereocenters. The van der Waals surface area contributed by atoms with E-state index in [0.29, 0.717) is 0 Å². The molecule has 0 bridgehead atoms. The standard InChI is InChI=1S/C11H24N2O2/c1-6-13-10(2,3)7-8-11(4,5)15-9(12)14/h13H,6-8H2,1-5H3,(H2,12,14). The monoisotopic (exact) mass is 216 g/mol. The van der Waals surface area contributed by atoms with Crippen LogP contribution in [0.1, 0.15) is 47.5 Å². The number of carbonyl (C=O) groups is 1. The van der Waals surface area contributed by atoms with Gasteiger partial charge in [-0.3, -0.25) is 0 Å². The topological polar surface area (TPSA) is 64.3 Å². The molecule has 0 heterocycles. The Morgan fingerprint density at radius 2 is 1.80 bits per heavy atom. The van der Waals surface area contributed by atoms with Crippen molar-refractivity contribution in [2.24, 2.45) is 5.73 Å². The lowest BCUT2D eigenvalue weighted by atomic mass is 9.91. The molecule has 0 aromatic heterocycles. The molecule has 0 aliphatic rings. The van der Waals surface area contributed by atoms with Crippen LogP contribution in [0, 0.1) is 0 Å². The summed E-state index contributed by atoms with van der Waals surface area (Å²) in [4.78, 5) is 10.6. The predicted molar refractivity (Wildman–Crippen MR) is 61.7 cm³/mol. The van der Waals surface area contributed by atoms with E-state index in [0.717, 1.165) is 19.4 Å². The van der Waals surface area contributed by atoms with Gasteiger partial charge >= 0.3 is 6.09 Å². The molecule has 0 aliphatic carbocycles. The molecule has 0 aromatic carbocycles. The number of carbonyl (C=O) groups excluding carboxylic acids is 1. The molecule has 0 fully saturated rings. The third-order valence-corrected chi connectivity index (χ3v) is 2.38. The predicted octanol–water partition coefficient (Wildman–Crippen LogP) is 2.03. The first-order valence-electron chi connectivity index (χ1n) is 5.42. The minimum Gasteiger partial charge on any atom is -0.444 e. The Kier molecular flexibility index (Phi) is 5.08. The van der Waals surface area contributed by atoms with Crippen LogP contribution in [0.5, 0.6) is 0 Å². The molecule has 15 heavy (non-hydrogen) atoms. The Morgan fingerprint density at radius 1 is 1.27 bits per heavy atom. The van der Waals surface area contributed by atoms with Gasteiger partial charge < -0.3 is 15.8 Å². The molecule has 1 amide bonds. The van der Waals surface area contributed by atoms with Crippen LogP contribution in [0.4, 0.5) is 4.79 Å². The maximum absolute atomic E-state index is 10.6. The molecular weight excluding hydrogens is 192 g/mol. The summed E-state index contributed by atoms with van der Waals surface area (Å²) < 4.78 is 5.02. The van der Waals surface area contributed by atoms with Crippen LogP contribution in [0.2, 0.25) is 0 Å². The third-order valence-electron chi connectivity index (χ3n) is 2.38. The highest BCUT2D eigenvalue weighted by Crippen LogP contribution is 2.22. The van der Waals surface area contributed by atoms with Gasteiger partial charge in [0.25, 0.3) is 0 Å². The van der Waals surface area contributed by atoms with Gasteiger partial charge in [-0.05, 0) is 47.1 Å². The van der Waals surface area contributed by atoms with Crippen molar-refractivity contribution in [2.75, 3.05) is 6.54 Å². The van der Waals surface area contributed by atoms with Gasteiger partial charge in [-0.25, -0.2) is 4.79 Å². The molecule has 4 nitrogen and oxygen atoms in total. The molecule has 3 N–H and O–H groups in total. The number of nitrogens with two attached hydrogens (primary N) is 1. The van der Waals surface area contributed by atoms with E-state index in [4.69, 9.17) is 10.5 Å². The van der Waals surface area contributed by atoms with Crippen molar-refractivity contribution >= 4 is 6.09 Å². The van der Waals surface area contributed by atoms with Crippen molar-refractivity contribution in [3.05, 3.63) is 0 Å². The molecule has 0 spiro atoms. The first-order valence-corrected chi connectivity index (χ1v) is 5.42. The highest BCUT2D eigenvalue weighted by molar-refractivity contribution is 5.65. The van der Waals surface area contributed by atoms with Crippen LogP contribution in [0.3, 0.4) is 0 Å². The average Bonchev–Trinajstić information content (AvgIpc) is 1.99. The Labute approximate surface area is 92.6 Å². The molecular formula is C11H24N2O2. The first kappa shape index (κ1) is 14.2. The van der Waals surface area contributed by atoms with Crippen molar-refractivity contribution in [3.8, 4) is 0 Å². The van der Waals surface area contributed by atoms with E-state index in [1.165, 1.54) is 0 Å². The van der Waals surface area contributed by atoms with Crippen LogP contribution >= 0.6 is 0 Å². The number of amides is 1. The van der Waals surface area contributed by atoms with Crippen molar-refractivity contribution in [1.29, 1.82) is 0 Å². The third kappa shape index (κ3) is 7.19. The van der Waals surface area contributed by atoms with Crippen LogP contribution in [0.15, 0.2) is 0 Å². The second-order valence-electron chi connectivity index (χ2n) is 5.10. The van der Waals surface area contributed by atoms with Gasteiger partial charge in [0.1, 0.15) is 5.60 Å². The summed E-state index contributed by atoms with van der Waals surface area (Å²) in [7, 11) is 0. The van der Waals surface area contributed by atoms with Gasteiger partial charge in [0.05, 0.1) is 0 Å². The number of rotatable bonds is 6. The highest BCUT2D eigenvalue weighted by atomic mass is 16.6. The number of ether oxygens (including phenoxy) is 1. The summed E-state index contributed by atoms with van der Waals surface area (Å²) >= 11 is 0. The number of nitrogens with one attached hydrogen (secondary N) is 1. The van der Waals surface area contributed by atoms with Gasteiger partial charge in [-0.1, -0.05) is 6.92 Å². The number of primary amides is 1. The second kappa shape index (κ2) is 5.35. The lowest BCUT2D eigenvalue weighted by molar-refractivity contribution is 0.0325. The largest absolute Gasteiger partial charge is 0.444 e. The van der Waals surface area contributed by atoms with E-state index in [2.05, 4.69) is 26.1 Å². The van der Waals surface area contributed by atoms with E-state index >= 15 is 0 Å². The van der Waals surface area contributed by atoms with Gasteiger partial charge in [0.2, 0.25) is 0 Å². The quantitative estimate of drug-likeness (QED) is 0.714. The van der Waals surface area contributed by atoms with Crippen molar-refractivity contribution < 1.29 is 9.53 Å². The lowest BCUT2D eigenvalue weighted by Crippen LogP contribution is -2.41. The molecule has 90 valence electrons. The second-order valence-corrected chi connectivity index (χ2v) is 5.10. The fraction of sp³-hybridized carbons (Fsp3) is 0.909. The fourth-order valence-corrected chi connectivity index (χ4v) is 1.50. The minimum atomic E-state index is -0.707. The lowest BCUT2D eigenvalue weighted by Gasteiger charge is -2.31. The van der Waals surface area contributed by atoms with Gasteiger partial charge in [0.15, 0.2) is 0 Å². The van der Waals surface area contributed by atoms with Crippen LogP contribution < -0.4 is 11.1 Å². The first-order chi connectivity index (χ1) is 6.68. The van der Waals surface area contributed by atoms with Gasteiger partial charge in [0, 0.05) is 5.54 Å². The van der Waals surface area contributed by atoms with Crippen LogP contribution in [-0.4, -0.2) is 23.8 Å². The Balaban J connectivity index is 4.07. The maximum Gasteiger partial charge on any atom is 0.405 e. The molecule has 0 unspecified atom stereocenters. The molecule has 0 radical (unpaired) electrons. The van der Waals surface area contributed by atoms with E-state index < -0.39 is 11.7 Å². The molecule has 0 aromatic rings. The fourth-order valence-electron chi connectivity index (χ4n) is 1.50. The zero-order valence-corrected chi connectivity index (χ0v) is 10.5. The highest BCUT2D eigenvalue weighted by Gasteiger charge is 2.26. The zero-order valence-electron chi connectivity index (χ0n) is 10.5. The Hall–Kier alpha value is -0.770.